The molecule has 0 saturated carbocycles. The minimum Gasteiger partial charge on any atom is -0.461 e. The van der Waals surface area contributed by atoms with E-state index in [1.165, 1.54) is 0 Å². The van der Waals surface area contributed by atoms with Gasteiger partial charge >= 0.3 is 5.97 Å². The highest BCUT2D eigenvalue weighted by molar-refractivity contribution is 6.42. The summed E-state index contributed by atoms with van der Waals surface area (Å²) in [4.78, 5) is 18.2. The normalized spacial score (nSPS) is 11.0. The maximum atomic E-state index is 12.1. The molecule has 1 aromatic carbocycles. The third kappa shape index (κ3) is 4.54. The van der Waals surface area contributed by atoms with Crippen LogP contribution in [0.25, 0.3) is 0 Å². The summed E-state index contributed by atoms with van der Waals surface area (Å²) in [6.07, 6.45) is 1.61. The van der Waals surface area contributed by atoms with Gasteiger partial charge in [-0.05, 0) is 43.3 Å². The summed E-state index contributed by atoms with van der Waals surface area (Å²) >= 11 is 0. The van der Waals surface area contributed by atoms with Gasteiger partial charge in [0.1, 0.15) is 0 Å². The van der Waals surface area contributed by atoms with Crippen molar-refractivity contribution in [2.75, 3.05) is 31.0 Å². The van der Waals surface area contributed by atoms with E-state index in [4.69, 9.17) is 4.74 Å². The summed E-state index contributed by atoms with van der Waals surface area (Å²) in [5, 5.41) is 4.17. The smallest absolute Gasteiger partial charge is 0.361 e. The zero-order valence-corrected chi connectivity index (χ0v) is 13.5. The maximum Gasteiger partial charge on any atom is 0.361 e. The van der Waals surface area contributed by atoms with E-state index in [2.05, 4.69) is 15.5 Å². The Kier molecular flexibility index (Phi) is 5.68. The van der Waals surface area contributed by atoms with Gasteiger partial charge in [-0.15, -0.1) is 0 Å². The topological polar surface area (TPSA) is 66.8 Å². The Morgan fingerprint density at radius 3 is 2.52 bits per heavy atom. The summed E-state index contributed by atoms with van der Waals surface area (Å²) in [6.45, 7) is 2.03. The molecule has 0 aliphatic heterocycles. The first kappa shape index (κ1) is 16.5. The Morgan fingerprint density at radius 1 is 1.22 bits per heavy atom. The lowest BCUT2D eigenvalue weighted by Gasteiger charge is -2.12. The fourth-order valence-electron chi connectivity index (χ4n) is 1.86. The van der Waals surface area contributed by atoms with E-state index >= 15 is 0 Å². The number of carbonyl (C=O) groups excluding carboxylic acids is 1. The molecule has 0 amide bonds. The first-order valence-corrected chi connectivity index (χ1v) is 7.31. The van der Waals surface area contributed by atoms with Gasteiger partial charge in [-0.3, -0.25) is 10.4 Å². The standard InChI is InChI=1S/C17H20N4O2/c1-4-23-17(22)16(15-7-5-6-12-18-15)20-19-13-8-10-14(11-9-13)21(2)3/h5-12,19H,4H2,1-3H3/b20-16+. The second-order valence-corrected chi connectivity index (χ2v) is 4.95. The Balaban J connectivity index is 2.21. The van der Waals surface area contributed by atoms with Crippen LogP contribution >= 0.6 is 0 Å². The number of ether oxygens (including phenoxy) is 1. The Labute approximate surface area is 135 Å². The first-order valence-electron chi connectivity index (χ1n) is 7.31. The second-order valence-electron chi connectivity index (χ2n) is 4.95. The van der Waals surface area contributed by atoms with Crippen molar-refractivity contribution in [2.45, 2.75) is 6.92 Å². The van der Waals surface area contributed by atoms with Crippen LogP contribution in [0.5, 0.6) is 0 Å². The van der Waals surface area contributed by atoms with Crippen molar-refractivity contribution in [2.24, 2.45) is 5.10 Å². The number of hydrogen-bond donors (Lipinski definition) is 1. The molecule has 0 atom stereocenters. The van der Waals surface area contributed by atoms with Gasteiger partial charge < -0.3 is 9.64 Å². The number of esters is 1. The molecule has 2 aromatic rings. The summed E-state index contributed by atoms with van der Waals surface area (Å²) in [5.74, 6) is -0.511. The highest BCUT2D eigenvalue weighted by atomic mass is 16.5. The van der Waals surface area contributed by atoms with Crippen LogP contribution in [0.2, 0.25) is 0 Å². The fraction of sp³-hybridized carbons (Fsp3) is 0.235. The third-order valence-corrected chi connectivity index (χ3v) is 3.06. The molecule has 0 unspecified atom stereocenters. The van der Waals surface area contributed by atoms with Crippen LogP contribution in [0.1, 0.15) is 12.6 Å². The minimum atomic E-state index is -0.511. The summed E-state index contributed by atoms with van der Waals surface area (Å²) in [5.41, 5.74) is 5.33. The van der Waals surface area contributed by atoms with E-state index in [9.17, 15) is 4.79 Å². The van der Waals surface area contributed by atoms with Crippen molar-refractivity contribution >= 4 is 23.1 Å². The molecule has 120 valence electrons. The molecule has 0 aliphatic carbocycles. The summed E-state index contributed by atoms with van der Waals surface area (Å²) in [7, 11) is 3.95. The highest BCUT2D eigenvalue weighted by Gasteiger charge is 2.16. The van der Waals surface area contributed by atoms with Gasteiger partial charge in [0.05, 0.1) is 18.0 Å². The number of hydrazone groups is 1. The van der Waals surface area contributed by atoms with Gasteiger partial charge in [0.25, 0.3) is 0 Å². The molecule has 0 spiro atoms. The van der Waals surface area contributed by atoms with Gasteiger partial charge in [-0.2, -0.15) is 5.10 Å². The first-order chi connectivity index (χ1) is 11.1. The Bertz CT molecular complexity index is 667. The van der Waals surface area contributed by atoms with E-state index in [1.54, 1.807) is 31.3 Å². The molecule has 2 rings (SSSR count). The largest absolute Gasteiger partial charge is 0.461 e. The van der Waals surface area contributed by atoms with Gasteiger partial charge in [0, 0.05) is 26.0 Å². The molecular formula is C17H20N4O2. The van der Waals surface area contributed by atoms with Gasteiger partial charge in [0.2, 0.25) is 0 Å². The van der Waals surface area contributed by atoms with E-state index in [1.807, 2.05) is 43.3 Å². The lowest BCUT2D eigenvalue weighted by atomic mass is 10.2. The SMILES string of the molecule is CCOC(=O)/C(=N/Nc1ccc(N(C)C)cc1)c1ccccn1. The van der Waals surface area contributed by atoms with Crippen molar-refractivity contribution in [3.8, 4) is 0 Å². The molecular weight excluding hydrogens is 292 g/mol. The number of hydrogen-bond acceptors (Lipinski definition) is 6. The van der Waals surface area contributed by atoms with Crippen molar-refractivity contribution in [3.63, 3.8) is 0 Å². The van der Waals surface area contributed by atoms with E-state index in [-0.39, 0.29) is 12.3 Å². The average molecular weight is 312 g/mol. The number of benzene rings is 1. The number of anilines is 2. The number of pyridine rings is 1. The molecule has 6 nitrogen and oxygen atoms in total. The minimum absolute atomic E-state index is 0.143. The highest BCUT2D eigenvalue weighted by Crippen LogP contribution is 2.15. The monoisotopic (exact) mass is 312 g/mol. The van der Waals surface area contributed by atoms with Crippen molar-refractivity contribution in [1.82, 2.24) is 4.98 Å². The van der Waals surface area contributed by atoms with Crippen LogP contribution in [-0.4, -0.2) is 37.4 Å². The number of nitrogens with zero attached hydrogens (tertiary/aromatic N) is 3. The zero-order chi connectivity index (χ0) is 16.7. The zero-order valence-electron chi connectivity index (χ0n) is 13.5. The van der Waals surface area contributed by atoms with Crippen LogP contribution in [0.15, 0.2) is 53.8 Å². The quantitative estimate of drug-likeness (QED) is 0.504. The second kappa shape index (κ2) is 7.93. The average Bonchev–Trinajstić information content (AvgIpc) is 2.57. The number of nitrogens with one attached hydrogen (secondary N) is 1. The lowest BCUT2D eigenvalue weighted by molar-refractivity contribution is -0.134. The van der Waals surface area contributed by atoms with Crippen LogP contribution in [-0.2, 0) is 9.53 Å². The van der Waals surface area contributed by atoms with Crippen molar-refractivity contribution < 1.29 is 9.53 Å². The Morgan fingerprint density at radius 2 is 1.96 bits per heavy atom. The molecule has 0 radical (unpaired) electrons. The van der Waals surface area contributed by atoms with Crippen LogP contribution < -0.4 is 10.3 Å². The van der Waals surface area contributed by atoms with Gasteiger partial charge in [-0.25, -0.2) is 4.79 Å². The molecule has 6 heteroatoms. The number of carbonyl (C=O) groups is 1. The fourth-order valence-corrected chi connectivity index (χ4v) is 1.86. The number of rotatable bonds is 6. The predicted octanol–water partition coefficient (Wildman–Crippen LogP) is 2.53. The van der Waals surface area contributed by atoms with Gasteiger partial charge in [-0.1, -0.05) is 6.07 Å². The molecule has 1 aromatic heterocycles. The summed E-state index contributed by atoms with van der Waals surface area (Å²) in [6, 6.07) is 13.0. The summed E-state index contributed by atoms with van der Waals surface area (Å²) < 4.78 is 5.04. The van der Waals surface area contributed by atoms with E-state index < -0.39 is 5.97 Å². The molecule has 0 fully saturated rings. The lowest BCUT2D eigenvalue weighted by Crippen LogP contribution is -2.21. The molecule has 1 heterocycles. The molecule has 0 aliphatic rings. The van der Waals surface area contributed by atoms with Crippen molar-refractivity contribution in [3.05, 3.63) is 54.4 Å². The van der Waals surface area contributed by atoms with Crippen LogP contribution in [0, 0.1) is 0 Å². The molecule has 23 heavy (non-hydrogen) atoms. The third-order valence-electron chi connectivity index (χ3n) is 3.06. The Hall–Kier alpha value is -2.89. The van der Waals surface area contributed by atoms with Gasteiger partial charge in [0.15, 0.2) is 5.71 Å². The maximum absolute atomic E-state index is 12.1. The van der Waals surface area contributed by atoms with E-state index in [0.717, 1.165) is 11.4 Å². The number of aromatic nitrogens is 1. The molecule has 0 saturated heterocycles. The van der Waals surface area contributed by atoms with E-state index in [0.29, 0.717) is 5.69 Å². The molecule has 1 N–H and O–H groups in total. The van der Waals surface area contributed by atoms with Crippen LogP contribution in [0.4, 0.5) is 11.4 Å². The predicted molar refractivity (Wildman–Crippen MR) is 91.8 cm³/mol. The molecule has 0 bridgehead atoms. The van der Waals surface area contributed by atoms with Crippen molar-refractivity contribution in [1.29, 1.82) is 0 Å². The van der Waals surface area contributed by atoms with Crippen LogP contribution in [0.3, 0.4) is 0 Å².